The number of aromatic nitrogens is 4. The molecule has 1 amide bonds. The Morgan fingerprint density at radius 1 is 1.15 bits per heavy atom. The Kier molecular flexibility index (Phi) is 6.82. The lowest BCUT2D eigenvalue weighted by molar-refractivity contribution is 0.0996. The second kappa shape index (κ2) is 10.6. The van der Waals surface area contributed by atoms with Crippen LogP contribution in [0.15, 0.2) is 77.9 Å². The zero-order valence-corrected chi connectivity index (χ0v) is 22.2. The fourth-order valence-electron chi connectivity index (χ4n) is 5.26. The number of hydrogen-bond acceptors (Lipinski definition) is 7. The van der Waals surface area contributed by atoms with Crippen molar-refractivity contribution in [1.82, 2.24) is 24.2 Å². The first-order valence-corrected chi connectivity index (χ1v) is 13.1. The number of amides is 1. The quantitative estimate of drug-likeness (QED) is 0.316. The molecule has 6 rings (SSSR count). The highest BCUT2D eigenvalue weighted by atomic mass is 19.1. The molecule has 10 nitrogen and oxygen atoms in total. The van der Waals surface area contributed by atoms with Gasteiger partial charge in [0.1, 0.15) is 23.4 Å². The summed E-state index contributed by atoms with van der Waals surface area (Å²) in [4.78, 5) is 32.3. The van der Waals surface area contributed by atoms with Gasteiger partial charge in [-0.3, -0.25) is 19.1 Å². The van der Waals surface area contributed by atoms with Gasteiger partial charge in [-0.25, -0.2) is 14.1 Å². The Morgan fingerprint density at radius 2 is 1.93 bits per heavy atom. The summed E-state index contributed by atoms with van der Waals surface area (Å²) >= 11 is 0. The average Bonchev–Trinajstić information content (AvgIpc) is 3.58. The van der Waals surface area contributed by atoms with Crippen molar-refractivity contribution in [3.05, 3.63) is 100 Å². The van der Waals surface area contributed by atoms with Crippen molar-refractivity contribution in [2.24, 2.45) is 5.73 Å². The molecule has 0 spiro atoms. The number of nitrogens with two attached hydrogens (primary N) is 1. The summed E-state index contributed by atoms with van der Waals surface area (Å²) in [6, 6.07) is 19.1. The molecule has 3 N–H and O–H groups in total. The van der Waals surface area contributed by atoms with Gasteiger partial charge >= 0.3 is 0 Å². The number of benzene rings is 3. The second-order valence-electron chi connectivity index (χ2n) is 9.94. The Balaban J connectivity index is 1.42. The maximum atomic E-state index is 15.7. The molecular weight excluding hydrogens is 527 g/mol. The largest absolute Gasteiger partial charge is 0.497 e. The molecule has 2 aromatic heterocycles. The molecule has 1 aliphatic heterocycles. The summed E-state index contributed by atoms with van der Waals surface area (Å²) in [5, 5.41) is 14.2. The average molecular weight is 555 g/mol. The van der Waals surface area contributed by atoms with Crippen molar-refractivity contribution in [2.45, 2.75) is 19.1 Å². The smallest absolute Gasteiger partial charge is 0.284 e. The third-order valence-corrected chi connectivity index (χ3v) is 7.31. The van der Waals surface area contributed by atoms with Crippen LogP contribution in [0.4, 0.5) is 4.39 Å². The minimum absolute atomic E-state index is 0.00333. The normalized spacial score (nSPS) is 15.4. The van der Waals surface area contributed by atoms with E-state index in [2.05, 4.69) is 15.0 Å². The molecule has 41 heavy (non-hydrogen) atoms. The van der Waals surface area contributed by atoms with Crippen LogP contribution in [0, 0.1) is 5.82 Å². The SMILES string of the molecule is COc1ccc(-n2nc(C(N)=O)c3ncn(-c4ccc(-c5ccccc5CN5CC[C@@H](O)C5)cc4F)c(=O)c32)cc1. The standard InChI is InChI=1S/C30H27FN6O4/c1-41-22-9-7-20(8-10-22)37-28-26(27(34-37)29(32)39)33-17-36(30(28)40)25-11-6-18(14-24(25)31)23-5-3-2-4-19(23)15-35-13-12-21(38)16-35/h2-11,14,17,21,38H,12-13,15-16H2,1H3,(H2,32,39)/t21-/m1/s1. The van der Waals surface area contributed by atoms with E-state index in [1.165, 1.54) is 30.3 Å². The number of carbonyl (C=O) groups excluding carboxylic acids is 1. The number of β-amino-alcohol motifs (C(OH)–C–C–N with tert-alkyl or cyclic N) is 1. The van der Waals surface area contributed by atoms with Gasteiger partial charge in [0.25, 0.3) is 11.5 Å². The van der Waals surface area contributed by atoms with Crippen LogP contribution in [0.25, 0.3) is 33.5 Å². The van der Waals surface area contributed by atoms with Crippen LogP contribution in [0.1, 0.15) is 22.5 Å². The minimum Gasteiger partial charge on any atom is -0.497 e. The molecule has 0 aliphatic carbocycles. The van der Waals surface area contributed by atoms with Crippen LogP contribution >= 0.6 is 0 Å². The van der Waals surface area contributed by atoms with Crippen molar-refractivity contribution >= 4 is 16.9 Å². The molecule has 1 saturated heterocycles. The van der Waals surface area contributed by atoms with Crippen LogP contribution in [0.5, 0.6) is 5.75 Å². The van der Waals surface area contributed by atoms with Crippen LogP contribution < -0.4 is 16.0 Å². The molecule has 5 aromatic rings. The highest BCUT2D eigenvalue weighted by Crippen LogP contribution is 2.29. The molecule has 0 saturated carbocycles. The Hall–Kier alpha value is -4.87. The number of rotatable bonds is 7. The van der Waals surface area contributed by atoms with Gasteiger partial charge in [-0.05, 0) is 59.5 Å². The lowest BCUT2D eigenvalue weighted by Gasteiger charge is -2.18. The Morgan fingerprint density at radius 3 is 2.61 bits per heavy atom. The predicted molar refractivity (Wildman–Crippen MR) is 151 cm³/mol. The second-order valence-corrected chi connectivity index (χ2v) is 9.94. The van der Waals surface area contributed by atoms with E-state index in [0.29, 0.717) is 30.1 Å². The molecule has 1 fully saturated rings. The molecule has 1 atom stereocenters. The van der Waals surface area contributed by atoms with Gasteiger partial charge in [0.2, 0.25) is 0 Å². The number of likely N-dealkylation sites (tertiary alicyclic amines) is 1. The highest BCUT2D eigenvalue weighted by molar-refractivity contribution is 6.02. The monoisotopic (exact) mass is 554 g/mol. The minimum atomic E-state index is -0.843. The molecule has 11 heteroatoms. The predicted octanol–water partition coefficient (Wildman–Crippen LogP) is 3.05. The van der Waals surface area contributed by atoms with Crippen molar-refractivity contribution in [3.63, 3.8) is 0 Å². The number of hydrogen-bond donors (Lipinski definition) is 2. The molecule has 0 radical (unpaired) electrons. The summed E-state index contributed by atoms with van der Waals surface area (Å²) in [7, 11) is 1.53. The molecule has 1 aliphatic rings. The van der Waals surface area contributed by atoms with Crippen molar-refractivity contribution < 1.29 is 19.0 Å². The summed E-state index contributed by atoms with van der Waals surface area (Å²) in [6.45, 7) is 2.03. The highest BCUT2D eigenvalue weighted by Gasteiger charge is 2.24. The van der Waals surface area contributed by atoms with Gasteiger partial charge in [-0.15, -0.1) is 0 Å². The zero-order chi connectivity index (χ0) is 28.7. The third-order valence-electron chi connectivity index (χ3n) is 7.31. The number of methoxy groups -OCH3 is 1. The topological polar surface area (TPSA) is 128 Å². The molecule has 3 heterocycles. The molecular formula is C30H27FN6O4. The van der Waals surface area contributed by atoms with E-state index in [4.69, 9.17) is 10.5 Å². The molecule has 0 bridgehead atoms. The number of aliphatic hydroxyl groups excluding tert-OH is 1. The van der Waals surface area contributed by atoms with Crippen molar-refractivity contribution in [1.29, 1.82) is 0 Å². The van der Waals surface area contributed by atoms with Gasteiger partial charge in [0.05, 0.1) is 24.6 Å². The molecule has 208 valence electrons. The number of fused-ring (bicyclic) bond motifs is 1. The number of ether oxygens (including phenoxy) is 1. The van der Waals surface area contributed by atoms with Crippen LogP contribution in [0.3, 0.4) is 0 Å². The third kappa shape index (κ3) is 4.85. The van der Waals surface area contributed by atoms with Gasteiger partial charge in [0.15, 0.2) is 11.2 Å². The van der Waals surface area contributed by atoms with Crippen LogP contribution in [-0.4, -0.2) is 61.5 Å². The van der Waals surface area contributed by atoms with Crippen molar-refractivity contribution in [2.75, 3.05) is 20.2 Å². The zero-order valence-electron chi connectivity index (χ0n) is 22.2. The van der Waals surface area contributed by atoms with Gasteiger partial charge in [-0.1, -0.05) is 30.3 Å². The number of primary amides is 1. The Bertz CT molecular complexity index is 1830. The van der Waals surface area contributed by atoms with Crippen LogP contribution in [-0.2, 0) is 6.54 Å². The number of aliphatic hydroxyl groups is 1. The lowest BCUT2D eigenvalue weighted by atomic mass is 9.99. The van der Waals surface area contributed by atoms with E-state index in [1.807, 2.05) is 24.3 Å². The van der Waals surface area contributed by atoms with Gasteiger partial charge in [-0.2, -0.15) is 5.10 Å². The van der Waals surface area contributed by atoms with E-state index in [0.717, 1.165) is 28.7 Å². The maximum Gasteiger partial charge on any atom is 0.284 e. The number of nitrogens with zero attached hydrogens (tertiary/aromatic N) is 5. The van der Waals surface area contributed by atoms with Crippen LogP contribution in [0.2, 0.25) is 0 Å². The van der Waals surface area contributed by atoms with E-state index >= 15 is 4.39 Å². The fourth-order valence-corrected chi connectivity index (χ4v) is 5.26. The van der Waals surface area contributed by atoms with Gasteiger partial charge < -0.3 is 15.6 Å². The number of carbonyl (C=O) groups is 1. The summed E-state index contributed by atoms with van der Waals surface area (Å²) in [5.41, 5.74) is 7.73. The molecule has 0 unspecified atom stereocenters. The summed E-state index contributed by atoms with van der Waals surface area (Å²) in [6.07, 6.45) is 1.57. The van der Waals surface area contributed by atoms with E-state index < -0.39 is 17.3 Å². The van der Waals surface area contributed by atoms with E-state index in [-0.39, 0.29) is 28.5 Å². The Labute approximate surface area is 234 Å². The number of halogens is 1. The first-order valence-electron chi connectivity index (χ1n) is 13.1. The van der Waals surface area contributed by atoms with Gasteiger partial charge in [0, 0.05) is 19.6 Å². The lowest BCUT2D eigenvalue weighted by Crippen LogP contribution is -2.22. The van der Waals surface area contributed by atoms with Crippen molar-refractivity contribution in [3.8, 4) is 28.3 Å². The van der Waals surface area contributed by atoms with E-state index in [9.17, 15) is 14.7 Å². The summed E-state index contributed by atoms with van der Waals surface area (Å²) in [5.74, 6) is -0.870. The van der Waals surface area contributed by atoms with E-state index in [1.54, 1.807) is 30.3 Å². The molecule has 3 aromatic carbocycles. The summed E-state index contributed by atoms with van der Waals surface area (Å²) < 4.78 is 23.3. The first kappa shape index (κ1) is 26.4. The fraction of sp³-hybridized carbons (Fsp3) is 0.200. The maximum absolute atomic E-state index is 15.7. The first-order chi connectivity index (χ1) is 19.8.